The minimum absolute atomic E-state index is 0.0231. The average Bonchev–Trinajstić information content (AvgIpc) is 3.92. The van der Waals surface area contributed by atoms with Crippen LogP contribution < -0.4 is 20.1 Å². The van der Waals surface area contributed by atoms with Gasteiger partial charge < -0.3 is 25.0 Å². The number of alkyl halides is 3. The molecule has 48 heavy (non-hydrogen) atoms. The molecule has 3 fully saturated rings. The lowest BCUT2D eigenvalue weighted by Crippen LogP contribution is -2.44. The van der Waals surface area contributed by atoms with E-state index in [-0.39, 0.29) is 47.2 Å². The molecule has 10 nitrogen and oxygen atoms in total. The van der Waals surface area contributed by atoms with E-state index in [1.54, 1.807) is 29.2 Å². The second-order valence-electron chi connectivity index (χ2n) is 12.5. The van der Waals surface area contributed by atoms with Gasteiger partial charge in [0.1, 0.15) is 23.3 Å². The molecule has 13 heteroatoms. The van der Waals surface area contributed by atoms with Crippen LogP contribution in [-0.2, 0) is 11.3 Å². The Hall–Kier alpha value is -4.65. The molecule has 0 atom stereocenters. The molecule has 1 aliphatic carbocycles. The number of hydrogen-bond acceptors (Lipinski definition) is 7. The zero-order valence-corrected chi connectivity index (χ0v) is 26.4. The Bertz CT molecular complexity index is 1580. The van der Waals surface area contributed by atoms with Crippen LogP contribution in [0.1, 0.15) is 64.9 Å². The Morgan fingerprint density at radius 1 is 0.854 bits per heavy atom. The standard InChI is InChI=1S/C35H38F3N5O5/c36-35(37,38)48-29-9-4-23(5-10-29)22-42-16-12-26(13-17-42)40-33(45)25-8-11-31(39-21-25)34(46)43-18-14-28(15-19-43)47-30-3-1-2-27(20-30)41-32(44)24-6-7-24/h1-5,8-11,20-21,24,26,28H,6-7,12-19,22H2,(H,40,45)(H,41,44). The Morgan fingerprint density at radius 2 is 1.58 bits per heavy atom. The number of likely N-dealkylation sites (tertiary alicyclic amines) is 2. The van der Waals surface area contributed by atoms with Gasteiger partial charge in [-0.05, 0) is 67.6 Å². The second-order valence-corrected chi connectivity index (χ2v) is 12.5. The van der Waals surface area contributed by atoms with E-state index in [1.165, 1.54) is 18.3 Å². The van der Waals surface area contributed by atoms with E-state index in [0.717, 1.165) is 50.0 Å². The van der Waals surface area contributed by atoms with Gasteiger partial charge in [0.2, 0.25) is 5.91 Å². The first-order chi connectivity index (χ1) is 23.1. The molecule has 6 rings (SSSR count). The van der Waals surface area contributed by atoms with Crippen molar-refractivity contribution < 1.29 is 37.0 Å². The fourth-order valence-electron chi connectivity index (χ4n) is 5.98. The number of pyridine rings is 1. The number of benzene rings is 2. The van der Waals surface area contributed by atoms with Crippen LogP contribution in [0.2, 0.25) is 0 Å². The van der Waals surface area contributed by atoms with Crippen LogP contribution >= 0.6 is 0 Å². The van der Waals surface area contributed by atoms with Crippen molar-refractivity contribution in [3.05, 3.63) is 83.7 Å². The van der Waals surface area contributed by atoms with Crippen molar-refractivity contribution in [1.82, 2.24) is 20.1 Å². The van der Waals surface area contributed by atoms with Gasteiger partial charge >= 0.3 is 6.36 Å². The fraction of sp³-hybridized carbons (Fsp3) is 0.429. The monoisotopic (exact) mass is 665 g/mol. The molecule has 2 aliphatic heterocycles. The smallest absolute Gasteiger partial charge is 0.490 e. The largest absolute Gasteiger partial charge is 0.573 e. The molecule has 0 bridgehead atoms. The van der Waals surface area contributed by atoms with Crippen molar-refractivity contribution in [1.29, 1.82) is 0 Å². The summed E-state index contributed by atoms with van der Waals surface area (Å²) in [5.74, 6) is 0.152. The maximum Gasteiger partial charge on any atom is 0.573 e. The fourth-order valence-corrected chi connectivity index (χ4v) is 5.98. The van der Waals surface area contributed by atoms with Crippen LogP contribution in [0.5, 0.6) is 11.5 Å². The van der Waals surface area contributed by atoms with E-state index in [4.69, 9.17) is 4.74 Å². The summed E-state index contributed by atoms with van der Waals surface area (Å²) in [7, 11) is 0. The molecule has 2 aromatic carbocycles. The van der Waals surface area contributed by atoms with E-state index in [1.807, 2.05) is 24.3 Å². The Balaban J connectivity index is 0.911. The second kappa shape index (κ2) is 14.6. The number of ether oxygens (including phenoxy) is 2. The quantitative estimate of drug-likeness (QED) is 0.298. The molecule has 0 radical (unpaired) electrons. The molecule has 2 N–H and O–H groups in total. The van der Waals surface area contributed by atoms with Crippen LogP contribution in [0.4, 0.5) is 18.9 Å². The van der Waals surface area contributed by atoms with Gasteiger partial charge in [-0.25, -0.2) is 0 Å². The molecule has 3 aromatic rings. The summed E-state index contributed by atoms with van der Waals surface area (Å²) in [6.45, 7) is 3.07. The lowest BCUT2D eigenvalue weighted by molar-refractivity contribution is -0.274. The molecule has 254 valence electrons. The molecule has 1 aromatic heterocycles. The van der Waals surface area contributed by atoms with Crippen LogP contribution in [0, 0.1) is 5.92 Å². The average molecular weight is 666 g/mol. The first-order valence-electron chi connectivity index (χ1n) is 16.3. The number of aromatic nitrogens is 1. The number of nitrogens with one attached hydrogen (secondary N) is 2. The highest BCUT2D eigenvalue weighted by Crippen LogP contribution is 2.31. The first kappa shape index (κ1) is 33.3. The van der Waals surface area contributed by atoms with E-state index in [0.29, 0.717) is 43.8 Å². The van der Waals surface area contributed by atoms with Crippen molar-refractivity contribution in [3.8, 4) is 11.5 Å². The van der Waals surface area contributed by atoms with Crippen molar-refractivity contribution in [2.24, 2.45) is 5.92 Å². The van der Waals surface area contributed by atoms with Crippen LogP contribution in [0.3, 0.4) is 0 Å². The molecule has 1 saturated carbocycles. The third-order valence-corrected chi connectivity index (χ3v) is 8.81. The number of hydrogen-bond donors (Lipinski definition) is 2. The van der Waals surface area contributed by atoms with Gasteiger partial charge in [-0.15, -0.1) is 13.2 Å². The third kappa shape index (κ3) is 9.24. The molecule has 0 spiro atoms. The van der Waals surface area contributed by atoms with Crippen LogP contribution in [0.25, 0.3) is 0 Å². The molecule has 0 unspecified atom stereocenters. The summed E-state index contributed by atoms with van der Waals surface area (Å²) in [6, 6.07) is 16.4. The number of carbonyl (C=O) groups excluding carboxylic acids is 3. The molecule has 2 saturated heterocycles. The van der Waals surface area contributed by atoms with Crippen molar-refractivity contribution >= 4 is 23.4 Å². The van der Waals surface area contributed by atoms with Crippen molar-refractivity contribution in [2.45, 2.75) is 63.6 Å². The van der Waals surface area contributed by atoms with Gasteiger partial charge in [0, 0.05) is 75.5 Å². The van der Waals surface area contributed by atoms with Gasteiger partial charge in [0.25, 0.3) is 11.8 Å². The maximum atomic E-state index is 13.1. The van der Waals surface area contributed by atoms with E-state index < -0.39 is 6.36 Å². The Labute approximate surface area is 276 Å². The van der Waals surface area contributed by atoms with E-state index >= 15 is 0 Å². The zero-order valence-electron chi connectivity index (χ0n) is 26.4. The highest BCUT2D eigenvalue weighted by molar-refractivity contribution is 5.96. The van der Waals surface area contributed by atoms with Gasteiger partial charge in [0.15, 0.2) is 0 Å². The van der Waals surface area contributed by atoms with Gasteiger partial charge in [0.05, 0.1) is 5.56 Å². The first-order valence-corrected chi connectivity index (χ1v) is 16.3. The highest BCUT2D eigenvalue weighted by atomic mass is 19.4. The van der Waals surface area contributed by atoms with Crippen molar-refractivity contribution in [3.63, 3.8) is 0 Å². The number of anilines is 1. The number of piperidine rings is 2. The minimum atomic E-state index is -4.72. The van der Waals surface area contributed by atoms with Crippen LogP contribution in [-0.4, -0.2) is 77.2 Å². The summed E-state index contributed by atoms with van der Waals surface area (Å²) in [5.41, 5.74) is 2.24. The number of rotatable bonds is 10. The molecule has 3 amide bonds. The number of amides is 3. The maximum absolute atomic E-state index is 13.1. The van der Waals surface area contributed by atoms with E-state index in [2.05, 4.69) is 25.3 Å². The Kier molecular flexibility index (Phi) is 10.1. The van der Waals surface area contributed by atoms with Crippen LogP contribution in [0.15, 0.2) is 66.9 Å². The summed E-state index contributed by atoms with van der Waals surface area (Å²) in [6.07, 6.45) is 1.31. The summed E-state index contributed by atoms with van der Waals surface area (Å²) < 4.78 is 47.2. The lowest BCUT2D eigenvalue weighted by atomic mass is 10.0. The van der Waals surface area contributed by atoms with E-state index in [9.17, 15) is 27.6 Å². The number of halogens is 3. The minimum Gasteiger partial charge on any atom is -0.490 e. The molecule has 3 heterocycles. The summed E-state index contributed by atoms with van der Waals surface area (Å²) >= 11 is 0. The molecular formula is C35H38F3N5O5. The predicted molar refractivity (Wildman–Crippen MR) is 170 cm³/mol. The molecule has 3 aliphatic rings. The summed E-state index contributed by atoms with van der Waals surface area (Å²) in [4.78, 5) is 46.3. The van der Waals surface area contributed by atoms with Gasteiger partial charge in [-0.3, -0.25) is 24.3 Å². The highest BCUT2D eigenvalue weighted by Gasteiger charge is 2.31. The molecular weight excluding hydrogens is 627 g/mol. The normalized spacial score (nSPS) is 17.9. The number of nitrogens with zero attached hydrogens (tertiary/aromatic N) is 3. The zero-order chi connectivity index (χ0) is 33.7. The topological polar surface area (TPSA) is 113 Å². The Morgan fingerprint density at radius 3 is 2.23 bits per heavy atom. The lowest BCUT2D eigenvalue weighted by Gasteiger charge is -2.32. The van der Waals surface area contributed by atoms with Gasteiger partial charge in [-0.1, -0.05) is 18.2 Å². The van der Waals surface area contributed by atoms with Crippen molar-refractivity contribution in [2.75, 3.05) is 31.5 Å². The van der Waals surface area contributed by atoms with Gasteiger partial charge in [-0.2, -0.15) is 0 Å². The predicted octanol–water partition coefficient (Wildman–Crippen LogP) is 5.41. The summed E-state index contributed by atoms with van der Waals surface area (Å²) in [5, 5.41) is 5.98. The SMILES string of the molecule is O=C(NC1CCN(Cc2ccc(OC(F)(F)F)cc2)CC1)c1ccc(C(=O)N2CCC(Oc3cccc(NC(=O)C4CC4)c3)CC2)nc1. The number of carbonyl (C=O) groups is 3. The third-order valence-electron chi connectivity index (χ3n) is 8.81.